The number of anilines is 2. The molecule has 0 saturated heterocycles. The third-order valence-electron chi connectivity index (χ3n) is 2.90. The summed E-state index contributed by atoms with van der Waals surface area (Å²) < 4.78 is 5.21. The molecule has 0 spiro atoms. The van der Waals surface area contributed by atoms with E-state index in [4.69, 9.17) is 16.2 Å². The standard InChI is InChI=1S/C16H18N2O2/c17-14-9-13(10-15(18)11-14)16(19)20-8-4-7-12-5-2-1-3-6-12/h1-3,5-6,9-11H,4,7-8,17-18H2. The molecule has 0 fully saturated rings. The molecule has 0 aromatic heterocycles. The van der Waals surface area contributed by atoms with Crippen LogP contribution < -0.4 is 11.5 Å². The Kier molecular flexibility index (Phi) is 4.60. The van der Waals surface area contributed by atoms with Crippen LogP contribution in [0.2, 0.25) is 0 Å². The average molecular weight is 270 g/mol. The molecule has 2 aromatic rings. The van der Waals surface area contributed by atoms with E-state index in [0.29, 0.717) is 23.5 Å². The zero-order valence-corrected chi connectivity index (χ0v) is 11.2. The van der Waals surface area contributed by atoms with Crippen LogP contribution in [0.25, 0.3) is 0 Å². The van der Waals surface area contributed by atoms with Gasteiger partial charge in [-0.15, -0.1) is 0 Å². The fraction of sp³-hybridized carbons (Fsp3) is 0.188. The highest BCUT2D eigenvalue weighted by Gasteiger charge is 2.08. The molecular weight excluding hydrogens is 252 g/mol. The van der Waals surface area contributed by atoms with Crippen LogP contribution in [0.1, 0.15) is 22.3 Å². The Labute approximate surface area is 118 Å². The summed E-state index contributed by atoms with van der Waals surface area (Å²) in [6.07, 6.45) is 1.67. The summed E-state index contributed by atoms with van der Waals surface area (Å²) >= 11 is 0. The Morgan fingerprint density at radius 2 is 1.65 bits per heavy atom. The number of ether oxygens (including phenoxy) is 1. The predicted molar refractivity (Wildman–Crippen MR) is 80.3 cm³/mol. The Morgan fingerprint density at radius 1 is 1.00 bits per heavy atom. The van der Waals surface area contributed by atoms with Gasteiger partial charge in [-0.05, 0) is 36.6 Å². The Morgan fingerprint density at radius 3 is 2.30 bits per heavy atom. The molecule has 0 aliphatic heterocycles. The van der Waals surface area contributed by atoms with Crippen LogP contribution >= 0.6 is 0 Å². The van der Waals surface area contributed by atoms with Gasteiger partial charge in [0.15, 0.2) is 0 Å². The average Bonchev–Trinajstić information content (AvgIpc) is 2.43. The van der Waals surface area contributed by atoms with Crippen LogP contribution in [0, 0.1) is 0 Å². The zero-order valence-electron chi connectivity index (χ0n) is 11.2. The minimum atomic E-state index is -0.392. The van der Waals surface area contributed by atoms with E-state index in [2.05, 4.69) is 12.1 Å². The smallest absolute Gasteiger partial charge is 0.338 e. The van der Waals surface area contributed by atoms with Gasteiger partial charge in [0, 0.05) is 11.4 Å². The fourth-order valence-corrected chi connectivity index (χ4v) is 1.96. The lowest BCUT2D eigenvalue weighted by atomic mass is 10.1. The van der Waals surface area contributed by atoms with Crippen molar-refractivity contribution < 1.29 is 9.53 Å². The molecule has 104 valence electrons. The summed E-state index contributed by atoms with van der Waals surface area (Å²) in [4.78, 5) is 11.8. The molecule has 0 heterocycles. The molecule has 0 unspecified atom stereocenters. The SMILES string of the molecule is Nc1cc(N)cc(C(=O)OCCCc2ccccc2)c1. The lowest BCUT2D eigenvalue weighted by Crippen LogP contribution is -2.08. The molecule has 0 aliphatic rings. The van der Waals surface area contributed by atoms with Crippen LogP contribution in [-0.4, -0.2) is 12.6 Å². The maximum Gasteiger partial charge on any atom is 0.338 e. The summed E-state index contributed by atoms with van der Waals surface area (Å²) in [6, 6.07) is 14.8. The van der Waals surface area contributed by atoms with Crippen molar-refractivity contribution in [3.8, 4) is 0 Å². The molecule has 0 amide bonds. The number of carbonyl (C=O) groups is 1. The number of benzene rings is 2. The van der Waals surface area contributed by atoms with Crippen molar-refractivity contribution in [2.24, 2.45) is 0 Å². The predicted octanol–water partition coefficient (Wildman–Crippen LogP) is 2.64. The van der Waals surface area contributed by atoms with Gasteiger partial charge in [-0.3, -0.25) is 0 Å². The van der Waals surface area contributed by atoms with E-state index in [-0.39, 0.29) is 0 Å². The molecule has 4 nitrogen and oxygen atoms in total. The number of aryl methyl sites for hydroxylation is 1. The first-order chi connectivity index (χ1) is 9.65. The Bertz CT molecular complexity index is 562. The number of rotatable bonds is 5. The Hall–Kier alpha value is -2.49. The molecule has 2 rings (SSSR count). The number of hydrogen-bond donors (Lipinski definition) is 2. The second-order valence-corrected chi connectivity index (χ2v) is 4.61. The van der Waals surface area contributed by atoms with E-state index < -0.39 is 5.97 Å². The van der Waals surface area contributed by atoms with Crippen molar-refractivity contribution in [2.45, 2.75) is 12.8 Å². The Balaban J connectivity index is 1.80. The van der Waals surface area contributed by atoms with Gasteiger partial charge in [-0.1, -0.05) is 30.3 Å². The number of carbonyl (C=O) groups excluding carboxylic acids is 1. The van der Waals surface area contributed by atoms with Crippen molar-refractivity contribution in [3.05, 3.63) is 59.7 Å². The van der Waals surface area contributed by atoms with Gasteiger partial charge in [0.05, 0.1) is 12.2 Å². The van der Waals surface area contributed by atoms with Crippen molar-refractivity contribution in [3.63, 3.8) is 0 Å². The molecule has 0 saturated carbocycles. The first kappa shape index (κ1) is 13.9. The number of hydrogen-bond acceptors (Lipinski definition) is 4. The van der Waals surface area contributed by atoms with Crippen LogP contribution in [0.5, 0.6) is 0 Å². The topological polar surface area (TPSA) is 78.3 Å². The van der Waals surface area contributed by atoms with Crippen molar-refractivity contribution in [1.29, 1.82) is 0 Å². The van der Waals surface area contributed by atoms with Gasteiger partial charge in [-0.25, -0.2) is 4.79 Å². The summed E-state index contributed by atoms with van der Waals surface area (Å²) in [5.74, 6) is -0.392. The second kappa shape index (κ2) is 6.61. The summed E-state index contributed by atoms with van der Waals surface area (Å²) in [5.41, 5.74) is 13.8. The zero-order chi connectivity index (χ0) is 14.4. The lowest BCUT2D eigenvalue weighted by molar-refractivity contribution is 0.0500. The van der Waals surface area contributed by atoms with E-state index in [9.17, 15) is 4.79 Å². The molecule has 20 heavy (non-hydrogen) atoms. The number of nitrogens with two attached hydrogens (primary N) is 2. The largest absolute Gasteiger partial charge is 0.462 e. The summed E-state index contributed by atoms with van der Waals surface area (Å²) in [6.45, 7) is 0.377. The third-order valence-corrected chi connectivity index (χ3v) is 2.90. The quantitative estimate of drug-likeness (QED) is 0.497. The molecule has 0 bridgehead atoms. The van der Waals surface area contributed by atoms with E-state index in [1.54, 1.807) is 18.2 Å². The van der Waals surface area contributed by atoms with Gasteiger partial charge in [0.1, 0.15) is 0 Å². The summed E-state index contributed by atoms with van der Waals surface area (Å²) in [7, 11) is 0. The molecular formula is C16H18N2O2. The van der Waals surface area contributed by atoms with Crippen molar-refractivity contribution >= 4 is 17.3 Å². The number of nitrogen functional groups attached to an aromatic ring is 2. The van der Waals surface area contributed by atoms with E-state index in [1.165, 1.54) is 5.56 Å². The minimum absolute atomic E-state index is 0.377. The van der Waals surface area contributed by atoms with Gasteiger partial charge in [-0.2, -0.15) is 0 Å². The normalized spacial score (nSPS) is 10.2. The van der Waals surface area contributed by atoms with Gasteiger partial charge in [0.25, 0.3) is 0 Å². The molecule has 0 aliphatic carbocycles. The molecule has 0 atom stereocenters. The maximum absolute atomic E-state index is 11.8. The van der Waals surface area contributed by atoms with Gasteiger partial charge >= 0.3 is 5.97 Å². The second-order valence-electron chi connectivity index (χ2n) is 4.61. The van der Waals surface area contributed by atoms with Crippen molar-refractivity contribution in [2.75, 3.05) is 18.1 Å². The molecule has 4 N–H and O–H groups in total. The third kappa shape index (κ3) is 4.02. The maximum atomic E-state index is 11.8. The van der Waals surface area contributed by atoms with Crippen LogP contribution in [-0.2, 0) is 11.2 Å². The fourth-order valence-electron chi connectivity index (χ4n) is 1.96. The number of esters is 1. The van der Waals surface area contributed by atoms with Crippen LogP contribution in [0.4, 0.5) is 11.4 Å². The lowest BCUT2D eigenvalue weighted by Gasteiger charge is -2.06. The van der Waals surface area contributed by atoms with Crippen LogP contribution in [0.3, 0.4) is 0 Å². The van der Waals surface area contributed by atoms with E-state index in [1.807, 2.05) is 18.2 Å². The van der Waals surface area contributed by atoms with Gasteiger partial charge in [0.2, 0.25) is 0 Å². The highest BCUT2D eigenvalue weighted by Crippen LogP contribution is 2.14. The van der Waals surface area contributed by atoms with Crippen LogP contribution in [0.15, 0.2) is 48.5 Å². The van der Waals surface area contributed by atoms with E-state index >= 15 is 0 Å². The first-order valence-electron chi connectivity index (χ1n) is 6.52. The van der Waals surface area contributed by atoms with Gasteiger partial charge < -0.3 is 16.2 Å². The minimum Gasteiger partial charge on any atom is -0.462 e. The first-order valence-corrected chi connectivity index (χ1v) is 6.52. The summed E-state index contributed by atoms with van der Waals surface area (Å²) in [5, 5.41) is 0. The van der Waals surface area contributed by atoms with E-state index in [0.717, 1.165) is 12.8 Å². The highest BCUT2D eigenvalue weighted by molar-refractivity contribution is 5.91. The molecule has 0 radical (unpaired) electrons. The molecule has 2 aromatic carbocycles. The van der Waals surface area contributed by atoms with Crippen molar-refractivity contribution in [1.82, 2.24) is 0 Å². The monoisotopic (exact) mass is 270 g/mol. The molecule has 4 heteroatoms. The highest BCUT2D eigenvalue weighted by atomic mass is 16.5.